The number of aromatic nitrogens is 1. The number of carbonyl (C=O) groups excluding carboxylic acids is 3. The Hall–Kier alpha value is -4.68. The van der Waals surface area contributed by atoms with Crippen molar-refractivity contribution < 1.29 is 28.6 Å². The Balaban J connectivity index is 1.26. The molecule has 55 heavy (non-hydrogen) atoms. The minimum atomic E-state index is -0.693. The first-order valence-corrected chi connectivity index (χ1v) is 19.7. The number of hydrogen-bond acceptors (Lipinski definition) is 8. The van der Waals surface area contributed by atoms with Crippen LogP contribution in [0.25, 0.3) is 11.1 Å². The van der Waals surface area contributed by atoms with Crippen LogP contribution in [0.5, 0.6) is 0 Å². The number of aryl methyl sites for hydroxylation is 2. The summed E-state index contributed by atoms with van der Waals surface area (Å²) in [4.78, 5) is 62.0. The Labute approximate surface area is 324 Å². The first-order chi connectivity index (χ1) is 26.2. The van der Waals surface area contributed by atoms with Crippen molar-refractivity contribution in [3.63, 3.8) is 0 Å². The van der Waals surface area contributed by atoms with Gasteiger partial charge in [-0.25, -0.2) is 4.79 Å². The van der Waals surface area contributed by atoms with E-state index in [1.807, 2.05) is 53.7 Å². The van der Waals surface area contributed by atoms with E-state index in [2.05, 4.69) is 52.5 Å². The topological polar surface area (TPSA) is 134 Å². The Kier molecular flexibility index (Phi) is 12.4. The predicted octanol–water partition coefficient (Wildman–Crippen LogP) is 5.85. The molecule has 12 heteroatoms. The van der Waals surface area contributed by atoms with Gasteiger partial charge in [0.1, 0.15) is 12.1 Å². The van der Waals surface area contributed by atoms with Gasteiger partial charge in [0.2, 0.25) is 5.91 Å². The van der Waals surface area contributed by atoms with Crippen molar-refractivity contribution in [3.8, 4) is 11.1 Å². The maximum absolute atomic E-state index is 14.0. The molecule has 3 fully saturated rings. The van der Waals surface area contributed by atoms with Gasteiger partial charge in [-0.1, -0.05) is 24.3 Å². The molecule has 0 spiro atoms. The summed E-state index contributed by atoms with van der Waals surface area (Å²) in [6.45, 7) is 17.6. The van der Waals surface area contributed by atoms with Crippen LogP contribution in [0.3, 0.4) is 0 Å². The Morgan fingerprint density at radius 2 is 1.62 bits per heavy atom. The van der Waals surface area contributed by atoms with Gasteiger partial charge in [-0.15, -0.1) is 0 Å². The largest absolute Gasteiger partial charge is 0.444 e. The van der Waals surface area contributed by atoms with E-state index in [1.54, 1.807) is 9.80 Å². The minimum Gasteiger partial charge on any atom is -0.444 e. The molecule has 3 amide bonds. The number of H-pyrrole nitrogens is 1. The van der Waals surface area contributed by atoms with Crippen LogP contribution in [0.2, 0.25) is 0 Å². The Morgan fingerprint density at radius 1 is 0.945 bits per heavy atom. The fourth-order valence-corrected chi connectivity index (χ4v) is 7.89. The molecule has 3 aromatic rings. The number of pyridine rings is 1. The molecule has 2 N–H and O–H groups in total. The molecule has 1 saturated carbocycles. The highest BCUT2D eigenvalue weighted by Gasteiger charge is 2.47. The summed E-state index contributed by atoms with van der Waals surface area (Å²) in [7, 11) is 0. The number of aromatic amines is 1. The maximum atomic E-state index is 14.0. The third-order valence-corrected chi connectivity index (χ3v) is 11.0. The average molecular weight is 756 g/mol. The molecule has 2 atom stereocenters. The highest BCUT2D eigenvalue weighted by molar-refractivity contribution is 5.99. The van der Waals surface area contributed by atoms with Crippen LogP contribution < -0.4 is 15.8 Å². The molecule has 6 rings (SSSR count). The Morgan fingerprint density at radius 3 is 2.25 bits per heavy atom. The smallest absolute Gasteiger partial charge is 0.411 e. The van der Waals surface area contributed by atoms with E-state index < -0.39 is 11.7 Å². The standard InChI is InChI=1S/C43H57N5O7/c1-8-47(33-13-17-53-18-14-33)37-23-32(22-34(29(37)4)40(50)44-25-36-27(2)21-28(3)45-41(36)51)30-9-11-31(12-10-30)35-24-38(35)48(42(52)55-43(5,6)7)26-39(49)46-15-19-54-20-16-46/h9-12,21-23,33,35,38H,8,13-20,24-26H2,1-7H3,(H,44,50)(H,45,51)/t35-,38+/m0/s1. The van der Waals surface area contributed by atoms with E-state index in [1.165, 1.54) is 0 Å². The summed E-state index contributed by atoms with van der Waals surface area (Å²) in [5, 5.41) is 3.03. The van der Waals surface area contributed by atoms with E-state index in [4.69, 9.17) is 14.2 Å². The summed E-state index contributed by atoms with van der Waals surface area (Å²) in [6.07, 6.45) is 2.06. The zero-order valence-electron chi connectivity index (χ0n) is 33.5. The second kappa shape index (κ2) is 17.0. The van der Waals surface area contributed by atoms with Crippen LogP contribution in [-0.4, -0.2) is 103 Å². The molecule has 2 aliphatic heterocycles. The van der Waals surface area contributed by atoms with Crippen molar-refractivity contribution in [2.24, 2.45) is 0 Å². The number of nitrogens with one attached hydrogen (secondary N) is 2. The summed E-state index contributed by atoms with van der Waals surface area (Å²) >= 11 is 0. The molecule has 1 aromatic heterocycles. The molecular weight excluding hydrogens is 699 g/mol. The van der Waals surface area contributed by atoms with Crippen molar-refractivity contribution in [1.29, 1.82) is 0 Å². The van der Waals surface area contributed by atoms with Crippen molar-refractivity contribution in [2.75, 3.05) is 57.5 Å². The summed E-state index contributed by atoms with van der Waals surface area (Å²) in [5.41, 5.74) is 6.64. The lowest BCUT2D eigenvalue weighted by molar-refractivity contribution is -0.136. The summed E-state index contributed by atoms with van der Waals surface area (Å²) in [5.74, 6) is -0.284. The van der Waals surface area contributed by atoms with Crippen LogP contribution in [0.1, 0.15) is 91.2 Å². The first-order valence-electron chi connectivity index (χ1n) is 19.7. The zero-order chi connectivity index (χ0) is 39.4. The number of anilines is 1. The number of benzene rings is 2. The number of amides is 3. The van der Waals surface area contributed by atoms with Crippen molar-refractivity contribution >= 4 is 23.6 Å². The van der Waals surface area contributed by atoms with Gasteiger partial charge in [0.25, 0.3) is 11.5 Å². The van der Waals surface area contributed by atoms with Gasteiger partial charge >= 0.3 is 6.09 Å². The van der Waals surface area contributed by atoms with E-state index in [0.717, 1.165) is 65.0 Å². The van der Waals surface area contributed by atoms with Gasteiger partial charge < -0.3 is 34.3 Å². The van der Waals surface area contributed by atoms with E-state index in [0.29, 0.717) is 50.6 Å². The molecule has 0 unspecified atom stereocenters. The minimum absolute atomic E-state index is 0.0376. The van der Waals surface area contributed by atoms with Crippen LogP contribution >= 0.6 is 0 Å². The van der Waals surface area contributed by atoms with Crippen LogP contribution in [0.15, 0.2) is 47.3 Å². The molecule has 3 aliphatic rings. The highest BCUT2D eigenvalue weighted by Crippen LogP contribution is 2.46. The molecule has 12 nitrogen and oxygen atoms in total. The quantitative estimate of drug-likeness (QED) is 0.249. The molecular formula is C43H57N5O7. The molecule has 2 saturated heterocycles. The van der Waals surface area contributed by atoms with Gasteiger partial charge in [-0.2, -0.15) is 0 Å². The molecule has 1 aliphatic carbocycles. The fourth-order valence-electron chi connectivity index (χ4n) is 7.89. The van der Waals surface area contributed by atoms with Crippen molar-refractivity contribution in [1.82, 2.24) is 20.1 Å². The van der Waals surface area contributed by atoms with Crippen molar-refractivity contribution in [2.45, 2.75) is 97.9 Å². The lowest BCUT2D eigenvalue weighted by Crippen LogP contribution is -2.49. The fraction of sp³-hybridized carbons (Fsp3) is 0.535. The van der Waals surface area contributed by atoms with E-state index in [9.17, 15) is 19.2 Å². The third kappa shape index (κ3) is 9.59. The first kappa shape index (κ1) is 40.0. The summed E-state index contributed by atoms with van der Waals surface area (Å²) < 4.78 is 16.9. The lowest BCUT2D eigenvalue weighted by atomic mass is 9.94. The monoisotopic (exact) mass is 755 g/mol. The molecule has 0 bridgehead atoms. The molecule has 0 radical (unpaired) electrons. The normalized spacial score (nSPS) is 18.8. The van der Waals surface area contributed by atoms with Crippen LogP contribution in [0, 0.1) is 20.8 Å². The SMILES string of the molecule is CCN(c1cc(-c2ccc([C@@H]3C[C@H]3N(CC(=O)N3CCOCC3)C(=O)OC(C)(C)C)cc2)cc(C(=O)NCc2c(C)cc(C)[nH]c2=O)c1C)C1CCOCC1. The number of rotatable bonds is 11. The van der Waals surface area contributed by atoms with Crippen molar-refractivity contribution in [3.05, 3.63) is 86.3 Å². The molecule has 2 aromatic carbocycles. The number of ether oxygens (including phenoxy) is 3. The van der Waals surface area contributed by atoms with Crippen LogP contribution in [0.4, 0.5) is 10.5 Å². The highest BCUT2D eigenvalue weighted by atomic mass is 16.6. The van der Waals surface area contributed by atoms with Gasteiger partial charge in [0.05, 0.1) is 13.2 Å². The third-order valence-electron chi connectivity index (χ3n) is 11.0. The number of hydrogen-bond donors (Lipinski definition) is 2. The molecule has 3 heterocycles. The molecule has 296 valence electrons. The Bertz CT molecular complexity index is 1920. The van der Waals surface area contributed by atoms with E-state index >= 15 is 0 Å². The lowest BCUT2D eigenvalue weighted by Gasteiger charge is -2.37. The second-order valence-corrected chi connectivity index (χ2v) is 16.1. The van der Waals surface area contributed by atoms with Gasteiger partial charge in [-0.3, -0.25) is 19.3 Å². The maximum Gasteiger partial charge on any atom is 0.411 e. The van der Waals surface area contributed by atoms with Gasteiger partial charge in [0.15, 0.2) is 0 Å². The number of nitrogens with zero attached hydrogens (tertiary/aromatic N) is 3. The van der Waals surface area contributed by atoms with E-state index in [-0.39, 0.29) is 48.5 Å². The van der Waals surface area contributed by atoms with Gasteiger partial charge in [-0.05, 0) is 114 Å². The average Bonchev–Trinajstić information content (AvgIpc) is 3.95. The predicted molar refractivity (Wildman–Crippen MR) is 213 cm³/mol. The number of carbonyl (C=O) groups is 3. The van der Waals surface area contributed by atoms with Crippen LogP contribution in [-0.2, 0) is 25.5 Å². The summed E-state index contributed by atoms with van der Waals surface area (Å²) in [6, 6.07) is 14.5. The zero-order valence-corrected chi connectivity index (χ0v) is 33.5. The second-order valence-electron chi connectivity index (χ2n) is 16.1. The van der Waals surface area contributed by atoms with Gasteiger partial charge in [0, 0.05) is 79.9 Å². The number of morpholine rings is 1.